The molecule has 31 heavy (non-hydrogen) atoms. The molecule has 0 radical (unpaired) electrons. The molecule has 0 aliphatic heterocycles. The highest BCUT2D eigenvalue weighted by Gasteiger charge is 2.28. The number of carbonyl (C=O) groups is 2. The first-order valence-electron chi connectivity index (χ1n) is 10.1. The van der Waals surface area contributed by atoms with Crippen molar-refractivity contribution in [2.45, 2.75) is 33.2 Å². The summed E-state index contributed by atoms with van der Waals surface area (Å²) in [7, 11) is 1.51. The average Bonchev–Trinajstić information content (AvgIpc) is 3.25. The number of aromatic nitrogens is 2. The summed E-state index contributed by atoms with van der Waals surface area (Å²) in [6, 6.07) is 14.1. The molecule has 162 valence electrons. The monoisotopic (exact) mass is 438 g/mol. The van der Waals surface area contributed by atoms with Gasteiger partial charge in [0.2, 0.25) is 11.0 Å². The minimum Gasteiger partial charge on any atom is -0.496 e. The first-order chi connectivity index (χ1) is 14.9. The molecule has 0 fully saturated rings. The molecule has 7 nitrogen and oxygen atoms in total. The van der Waals surface area contributed by atoms with Gasteiger partial charge >= 0.3 is 0 Å². The Morgan fingerprint density at radius 3 is 2.61 bits per heavy atom. The largest absolute Gasteiger partial charge is 0.496 e. The van der Waals surface area contributed by atoms with Gasteiger partial charge in [-0.1, -0.05) is 67.5 Å². The van der Waals surface area contributed by atoms with E-state index < -0.39 is 6.04 Å². The molecule has 0 saturated carbocycles. The maximum absolute atomic E-state index is 13.0. The van der Waals surface area contributed by atoms with E-state index in [1.807, 2.05) is 45.0 Å². The molecule has 3 rings (SSSR count). The number of amides is 2. The van der Waals surface area contributed by atoms with Gasteiger partial charge in [-0.05, 0) is 31.0 Å². The Bertz CT molecular complexity index is 1070. The fraction of sp³-hybridized carbons (Fsp3) is 0.304. The quantitative estimate of drug-likeness (QED) is 0.547. The van der Waals surface area contributed by atoms with Crippen molar-refractivity contribution >= 4 is 28.3 Å². The molecule has 0 spiro atoms. The molecule has 2 aromatic carbocycles. The van der Waals surface area contributed by atoms with E-state index >= 15 is 0 Å². The fourth-order valence-electron chi connectivity index (χ4n) is 3.10. The van der Waals surface area contributed by atoms with Gasteiger partial charge in [-0.3, -0.25) is 14.9 Å². The van der Waals surface area contributed by atoms with Crippen molar-refractivity contribution in [2.75, 3.05) is 12.4 Å². The third-order valence-corrected chi connectivity index (χ3v) is 5.94. The van der Waals surface area contributed by atoms with Crippen LogP contribution in [-0.2, 0) is 4.79 Å². The number of anilines is 1. The second-order valence-corrected chi connectivity index (χ2v) is 8.29. The number of rotatable bonds is 8. The van der Waals surface area contributed by atoms with Gasteiger partial charge in [0.05, 0.1) is 12.7 Å². The molecule has 0 bridgehead atoms. The molecule has 8 heteroatoms. The standard InChI is InChI=1S/C23H26N4O3S/c1-5-15(3)19(24-20(28)17-11-6-7-12-18(17)30-4)21(29)25-23-27-26-22(31-23)16-10-8-9-14(2)13-16/h6-13,15,19H,5H2,1-4H3,(H,24,28)(H,25,27,29). The molecule has 0 aliphatic rings. The van der Waals surface area contributed by atoms with Crippen molar-refractivity contribution in [1.82, 2.24) is 15.5 Å². The maximum atomic E-state index is 13.0. The number of benzene rings is 2. The number of nitrogens with zero attached hydrogens (tertiary/aromatic N) is 2. The van der Waals surface area contributed by atoms with Gasteiger partial charge in [0.25, 0.3) is 5.91 Å². The van der Waals surface area contributed by atoms with E-state index in [1.165, 1.54) is 18.4 Å². The zero-order valence-electron chi connectivity index (χ0n) is 18.0. The Balaban J connectivity index is 1.75. The van der Waals surface area contributed by atoms with Gasteiger partial charge < -0.3 is 10.1 Å². The molecular formula is C23H26N4O3S. The van der Waals surface area contributed by atoms with Crippen LogP contribution in [0.25, 0.3) is 10.6 Å². The van der Waals surface area contributed by atoms with Crippen LogP contribution in [0.4, 0.5) is 5.13 Å². The van der Waals surface area contributed by atoms with Crippen molar-refractivity contribution in [2.24, 2.45) is 5.92 Å². The van der Waals surface area contributed by atoms with Gasteiger partial charge in [0, 0.05) is 5.56 Å². The molecule has 3 aromatic rings. The van der Waals surface area contributed by atoms with Crippen LogP contribution in [0, 0.1) is 12.8 Å². The van der Waals surface area contributed by atoms with Crippen LogP contribution in [0.15, 0.2) is 48.5 Å². The Kier molecular flexibility index (Phi) is 7.36. The summed E-state index contributed by atoms with van der Waals surface area (Å²) < 4.78 is 5.27. The molecular weight excluding hydrogens is 412 g/mol. The van der Waals surface area contributed by atoms with E-state index in [0.29, 0.717) is 16.4 Å². The normalized spacial score (nSPS) is 12.6. The van der Waals surface area contributed by atoms with E-state index in [2.05, 4.69) is 20.8 Å². The minimum absolute atomic E-state index is 0.0807. The predicted molar refractivity (Wildman–Crippen MR) is 122 cm³/mol. The van der Waals surface area contributed by atoms with Crippen molar-refractivity contribution in [3.63, 3.8) is 0 Å². The van der Waals surface area contributed by atoms with Gasteiger partial charge in [0.1, 0.15) is 16.8 Å². The summed E-state index contributed by atoms with van der Waals surface area (Å²) in [4.78, 5) is 25.9. The highest BCUT2D eigenvalue weighted by atomic mass is 32.1. The number of aryl methyl sites for hydroxylation is 1. The minimum atomic E-state index is -0.728. The van der Waals surface area contributed by atoms with Crippen LogP contribution >= 0.6 is 11.3 Å². The molecule has 0 saturated heterocycles. The third-order valence-electron chi connectivity index (χ3n) is 5.05. The molecule has 2 atom stereocenters. The highest BCUT2D eigenvalue weighted by molar-refractivity contribution is 7.18. The summed E-state index contributed by atoms with van der Waals surface area (Å²) in [5.74, 6) is -0.321. The van der Waals surface area contributed by atoms with Crippen LogP contribution < -0.4 is 15.4 Å². The number of carbonyl (C=O) groups excluding carboxylic acids is 2. The number of para-hydroxylation sites is 1. The Morgan fingerprint density at radius 1 is 1.13 bits per heavy atom. The Morgan fingerprint density at radius 2 is 1.90 bits per heavy atom. The van der Waals surface area contributed by atoms with Crippen molar-refractivity contribution in [3.8, 4) is 16.3 Å². The van der Waals surface area contributed by atoms with Gasteiger partial charge in [-0.25, -0.2) is 0 Å². The van der Waals surface area contributed by atoms with Gasteiger partial charge in [-0.2, -0.15) is 0 Å². The second-order valence-electron chi connectivity index (χ2n) is 7.31. The van der Waals surface area contributed by atoms with Crippen LogP contribution in [0.1, 0.15) is 36.2 Å². The zero-order valence-corrected chi connectivity index (χ0v) is 18.8. The van der Waals surface area contributed by atoms with E-state index in [-0.39, 0.29) is 17.7 Å². The summed E-state index contributed by atoms with van der Waals surface area (Å²) in [5.41, 5.74) is 2.44. The van der Waals surface area contributed by atoms with E-state index in [4.69, 9.17) is 4.74 Å². The first kappa shape index (κ1) is 22.4. The maximum Gasteiger partial charge on any atom is 0.255 e. The highest BCUT2D eigenvalue weighted by Crippen LogP contribution is 2.27. The molecule has 2 N–H and O–H groups in total. The first-order valence-corrected chi connectivity index (χ1v) is 10.9. The summed E-state index contributed by atoms with van der Waals surface area (Å²) in [6.45, 7) is 5.90. The Labute approximate surface area is 185 Å². The lowest BCUT2D eigenvalue weighted by atomic mass is 9.98. The SMILES string of the molecule is CCC(C)C(NC(=O)c1ccccc1OC)C(=O)Nc1nnc(-c2cccc(C)c2)s1. The lowest BCUT2D eigenvalue weighted by Gasteiger charge is -2.23. The average molecular weight is 439 g/mol. The summed E-state index contributed by atoms with van der Waals surface area (Å²) >= 11 is 1.29. The predicted octanol–water partition coefficient (Wildman–Crippen LogP) is 4.31. The second kappa shape index (κ2) is 10.2. The van der Waals surface area contributed by atoms with E-state index in [1.54, 1.807) is 24.3 Å². The van der Waals surface area contributed by atoms with E-state index in [0.717, 1.165) is 22.6 Å². The fourth-order valence-corrected chi connectivity index (χ4v) is 3.85. The van der Waals surface area contributed by atoms with Crippen molar-refractivity contribution < 1.29 is 14.3 Å². The van der Waals surface area contributed by atoms with Crippen molar-refractivity contribution in [3.05, 3.63) is 59.7 Å². The molecule has 0 aliphatic carbocycles. The lowest BCUT2D eigenvalue weighted by molar-refractivity contribution is -0.119. The van der Waals surface area contributed by atoms with Crippen LogP contribution in [0.5, 0.6) is 5.75 Å². The lowest BCUT2D eigenvalue weighted by Crippen LogP contribution is -2.47. The van der Waals surface area contributed by atoms with Gasteiger partial charge in [0.15, 0.2) is 0 Å². The molecule has 1 aromatic heterocycles. The Hall–Kier alpha value is -3.26. The van der Waals surface area contributed by atoms with E-state index in [9.17, 15) is 9.59 Å². The van der Waals surface area contributed by atoms with Crippen LogP contribution in [0.2, 0.25) is 0 Å². The molecule has 2 unspecified atom stereocenters. The number of ether oxygens (including phenoxy) is 1. The number of nitrogens with one attached hydrogen (secondary N) is 2. The van der Waals surface area contributed by atoms with Crippen LogP contribution in [0.3, 0.4) is 0 Å². The number of methoxy groups -OCH3 is 1. The smallest absolute Gasteiger partial charge is 0.255 e. The summed E-state index contributed by atoms with van der Waals surface area (Å²) in [6.07, 6.45) is 0.717. The number of hydrogen-bond acceptors (Lipinski definition) is 6. The number of hydrogen-bond donors (Lipinski definition) is 2. The summed E-state index contributed by atoms with van der Waals surface area (Å²) in [5, 5.41) is 15.1. The zero-order chi connectivity index (χ0) is 22.4. The topological polar surface area (TPSA) is 93.2 Å². The molecule has 1 heterocycles. The third kappa shape index (κ3) is 5.46. The van der Waals surface area contributed by atoms with Crippen LogP contribution in [-0.4, -0.2) is 35.2 Å². The van der Waals surface area contributed by atoms with Crippen molar-refractivity contribution in [1.29, 1.82) is 0 Å². The molecule has 2 amide bonds. The van der Waals surface area contributed by atoms with Gasteiger partial charge in [-0.15, -0.1) is 10.2 Å².